The van der Waals surface area contributed by atoms with E-state index in [0.717, 1.165) is 11.5 Å². The highest BCUT2D eigenvalue weighted by Gasteiger charge is 2.35. The molecule has 1 aliphatic rings. The second-order valence-corrected chi connectivity index (χ2v) is 9.31. The third-order valence-electron chi connectivity index (χ3n) is 7.02. The van der Waals surface area contributed by atoms with Crippen LogP contribution in [0, 0.1) is 0 Å². The summed E-state index contributed by atoms with van der Waals surface area (Å²) in [4.78, 5) is 39.4. The van der Waals surface area contributed by atoms with Gasteiger partial charge in [-0.05, 0) is 41.8 Å². The third kappa shape index (κ3) is 3.76. The molecule has 5 aromatic rings. The van der Waals surface area contributed by atoms with Crippen molar-refractivity contribution in [2.75, 3.05) is 7.11 Å². The molecule has 0 fully saturated rings. The molecule has 1 atom stereocenters. The highest BCUT2D eigenvalue weighted by molar-refractivity contribution is 5.93. The fourth-order valence-electron chi connectivity index (χ4n) is 5.09. The smallest absolute Gasteiger partial charge is 0.312 e. The van der Waals surface area contributed by atoms with Gasteiger partial charge < -0.3 is 33.8 Å². The Kier molecular flexibility index (Phi) is 5.35. The number of fused-ring (bicyclic) bond motifs is 4. The van der Waals surface area contributed by atoms with Crippen LogP contribution in [0.1, 0.15) is 23.5 Å². The minimum atomic E-state index is -0.860. The fraction of sp³-hybridized carbons (Fsp3) is 0.138. The lowest BCUT2D eigenvalue weighted by molar-refractivity contribution is -0.135. The zero-order chi connectivity index (χ0) is 27.6. The highest BCUT2D eigenvalue weighted by atomic mass is 16.5. The molecule has 196 valence electrons. The molecule has 0 bridgehead atoms. The summed E-state index contributed by atoms with van der Waals surface area (Å²) in [5.74, 6) is -2.13. The van der Waals surface area contributed by atoms with E-state index in [0.29, 0.717) is 11.3 Å². The summed E-state index contributed by atoms with van der Waals surface area (Å²) in [5.41, 5.74) is 0.413. The van der Waals surface area contributed by atoms with Crippen molar-refractivity contribution in [1.29, 1.82) is 0 Å². The number of esters is 1. The molecule has 39 heavy (non-hydrogen) atoms. The number of pyridine rings is 1. The summed E-state index contributed by atoms with van der Waals surface area (Å²) in [6.45, 7) is 0. The SMILES string of the molecule is COc1ccc2cc(C3CC(=O)Oc4cc(O)c5c(=O)cc(-c6ccc(O)c(O)c6)oc5c43)c(=O)n(C)c2c1. The van der Waals surface area contributed by atoms with Crippen LogP contribution in [-0.2, 0) is 11.8 Å². The summed E-state index contributed by atoms with van der Waals surface area (Å²) >= 11 is 0. The normalized spacial score (nSPS) is 14.8. The Hall–Kier alpha value is -5.25. The number of carbonyl (C=O) groups excluding carboxylic acids is 1. The van der Waals surface area contributed by atoms with Crippen LogP contribution in [0.5, 0.6) is 28.7 Å². The van der Waals surface area contributed by atoms with E-state index >= 15 is 0 Å². The van der Waals surface area contributed by atoms with Crippen molar-refractivity contribution in [3.05, 3.63) is 86.3 Å². The van der Waals surface area contributed by atoms with Crippen molar-refractivity contribution in [3.8, 4) is 40.1 Å². The van der Waals surface area contributed by atoms with E-state index in [-0.39, 0.29) is 56.9 Å². The fourth-order valence-corrected chi connectivity index (χ4v) is 5.09. The van der Waals surface area contributed by atoms with Crippen molar-refractivity contribution >= 4 is 27.8 Å². The maximum absolute atomic E-state index is 13.6. The number of phenols is 3. The maximum Gasteiger partial charge on any atom is 0.312 e. The average Bonchev–Trinajstić information content (AvgIpc) is 2.91. The molecular weight excluding hydrogens is 506 g/mol. The third-order valence-corrected chi connectivity index (χ3v) is 7.02. The molecule has 0 radical (unpaired) electrons. The second-order valence-electron chi connectivity index (χ2n) is 9.31. The Labute approximate surface area is 219 Å². The van der Waals surface area contributed by atoms with Gasteiger partial charge in [-0.3, -0.25) is 14.4 Å². The van der Waals surface area contributed by atoms with E-state index in [9.17, 15) is 29.7 Å². The molecule has 1 unspecified atom stereocenters. The lowest BCUT2D eigenvalue weighted by Gasteiger charge is -2.26. The van der Waals surface area contributed by atoms with Crippen molar-refractivity contribution in [2.24, 2.45) is 7.05 Å². The van der Waals surface area contributed by atoms with Crippen molar-refractivity contribution in [1.82, 2.24) is 4.57 Å². The van der Waals surface area contributed by atoms with Crippen LogP contribution in [0.15, 0.2) is 68.6 Å². The lowest BCUT2D eigenvalue weighted by Crippen LogP contribution is -2.29. The summed E-state index contributed by atoms with van der Waals surface area (Å²) in [6.07, 6.45) is -0.211. The Bertz CT molecular complexity index is 1970. The number of phenolic OH excluding ortho intramolecular Hbond substituents is 3. The predicted octanol–water partition coefficient (Wildman–Crippen LogP) is 3.88. The first kappa shape index (κ1) is 24.1. The van der Waals surface area contributed by atoms with E-state index in [4.69, 9.17) is 13.9 Å². The number of benzene rings is 3. The number of aromatic nitrogens is 1. The molecule has 6 rings (SSSR count). The molecule has 2 aromatic heterocycles. The van der Waals surface area contributed by atoms with Crippen LogP contribution in [-0.4, -0.2) is 33.0 Å². The first-order valence-electron chi connectivity index (χ1n) is 11.9. The predicted molar refractivity (Wildman–Crippen MR) is 141 cm³/mol. The Morgan fingerprint density at radius 2 is 1.72 bits per heavy atom. The van der Waals surface area contributed by atoms with Gasteiger partial charge in [0.1, 0.15) is 34.0 Å². The van der Waals surface area contributed by atoms with E-state index in [1.807, 2.05) is 0 Å². The number of ether oxygens (including phenoxy) is 2. The van der Waals surface area contributed by atoms with Gasteiger partial charge in [0.25, 0.3) is 5.56 Å². The topological polar surface area (TPSA) is 148 Å². The molecule has 0 aliphatic carbocycles. The summed E-state index contributed by atoms with van der Waals surface area (Å²) in [7, 11) is 3.14. The molecule has 3 heterocycles. The molecule has 10 heteroatoms. The number of hydrogen-bond acceptors (Lipinski definition) is 9. The Balaban J connectivity index is 1.65. The molecule has 0 amide bonds. The maximum atomic E-state index is 13.6. The monoisotopic (exact) mass is 527 g/mol. The minimum absolute atomic E-state index is 0.0322. The van der Waals surface area contributed by atoms with E-state index < -0.39 is 28.8 Å². The van der Waals surface area contributed by atoms with Gasteiger partial charge in [-0.2, -0.15) is 0 Å². The quantitative estimate of drug-likeness (QED) is 0.181. The largest absolute Gasteiger partial charge is 0.507 e. The molecule has 0 saturated carbocycles. The number of aromatic hydroxyl groups is 3. The van der Waals surface area contributed by atoms with Crippen LogP contribution in [0.4, 0.5) is 0 Å². The highest BCUT2D eigenvalue weighted by Crippen LogP contribution is 2.46. The van der Waals surface area contributed by atoms with Crippen LogP contribution < -0.4 is 20.5 Å². The second kappa shape index (κ2) is 8.66. The number of carbonyl (C=O) groups is 1. The van der Waals surface area contributed by atoms with Gasteiger partial charge in [0, 0.05) is 47.9 Å². The van der Waals surface area contributed by atoms with E-state index in [1.165, 1.54) is 35.9 Å². The molecular formula is C29H21NO9. The zero-order valence-corrected chi connectivity index (χ0v) is 20.7. The molecule has 0 saturated heterocycles. The number of aryl methyl sites for hydroxylation is 1. The first-order valence-corrected chi connectivity index (χ1v) is 11.9. The van der Waals surface area contributed by atoms with Gasteiger partial charge in [-0.25, -0.2) is 0 Å². The van der Waals surface area contributed by atoms with Gasteiger partial charge in [0.2, 0.25) is 0 Å². The number of rotatable bonds is 3. The lowest BCUT2D eigenvalue weighted by atomic mass is 9.85. The molecule has 10 nitrogen and oxygen atoms in total. The number of hydrogen-bond donors (Lipinski definition) is 3. The molecule has 3 N–H and O–H groups in total. The zero-order valence-electron chi connectivity index (χ0n) is 20.7. The van der Waals surface area contributed by atoms with Gasteiger partial charge in [0.15, 0.2) is 16.9 Å². The van der Waals surface area contributed by atoms with E-state index in [1.54, 1.807) is 31.3 Å². The van der Waals surface area contributed by atoms with Crippen LogP contribution in [0.25, 0.3) is 33.2 Å². The number of nitrogens with zero attached hydrogens (tertiary/aromatic N) is 1. The molecule has 0 spiro atoms. The van der Waals surface area contributed by atoms with Gasteiger partial charge in [0.05, 0.1) is 19.0 Å². The first-order chi connectivity index (χ1) is 18.7. The van der Waals surface area contributed by atoms with Crippen LogP contribution in [0.3, 0.4) is 0 Å². The van der Waals surface area contributed by atoms with Crippen molar-refractivity contribution < 1.29 is 34.0 Å². The number of methoxy groups -OCH3 is 1. The van der Waals surface area contributed by atoms with Crippen molar-refractivity contribution in [3.63, 3.8) is 0 Å². The van der Waals surface area contributed by atoms with Crippen LogP contribution >= 0.6 is 0 Å². The van der Waals surface area contributed by atoms with E-state index in [2.05, 4.69) is 0 Å². The van der Waals surface area contributed by atoms with Crippen molar-refractivity contribution in [2.45, 2.75) is 12.3 Å². The summed E-state index contributed by atoms with van der Waals surface area (Å²) in [5, 5.41) is 30.9. The molecule has 3 aromatic carbocycles. The Morgan fingerprint density at radius 3 is 2.46 bits per heavy atom. The van der Waals surface area contributed by atoms with Crippen LogP contribution in [0.2, 0.25) is 0 Å². The van der Waals surface area contributed by atoms with Gasteiger partial charge in [-0.15, -0.1) is 0 Å². The van der Waals surface area contributed by atoms with Gasteiger partial charge in [-0.1, -0.05) is 0 Å². The summed E-state index contributed by atoms with van der Waals surface area (Å²) in [6, 6.07) is 13.2. The minimum Gasteiger partial charge on any atom is -0.507 e. The molecule has 1 aliphatic heterocycles. The summed E-state index contributed by atoms with van der Waals surface area (Å²) < 4.78 is 18.3. The standard InChI is InChI=1S/C29H21NO9/c1-30-18-9-15(37-2)5-3-13(18)7-17(29(30)36)16-10-25(35)38-24-12-22(34)27-21(33)11-23(39-28(27)26(16)24)14-4-6-19(31)20(32)8-14/h3-9,11-12,16,31-32,34H,10H2,1-2H3. The Morgan fingerprint density at radius 1 is 0.923 bits per heavy atom. The van der Waals surface area contributed by atoms with Gasteiger partial charge >= 0.3 is 5.97 Å². The average molecular weight is 527 g/mol.